The number of piperidine rings is 3. The fourth-order valence-electron chi connectivity index (χ4n) is 7.08. The van der Waals surface area contributed by atoms with E-state index in [1.54, 1.807) is 5.57 Å². The summed E-state index contributed by atoms with van der Waals surface area (Å²) in [6.07, 6.45) is 13.0. The van der Waals surface area contributed by atoms with E-state index in [-0.39, 0.29) is 0 Å². The molecule has 3 saturated heterocycles. The lowest BCUT2D eigenvalue weighted by Crippen LogP contribution is -2.60. The van der Waals surface area contributed by atoms with Crippen molar-refractivity contribution >= 4 is 16.8 Å². The van der Waals surface area contributed by atoms with Gasteiger partial charge in [0.05, 0.1) is 12.5 Å². The first-order valence-corrected chi connectivity index (χ1v) is 12.0. The Morgan fingerprint density at radius 1 is 1.13 bits per heavy atom. The van der Waals surface area contributed by atoms with Crippen molar-refractivity contribution in [2.24, 2.45) is 18.9 Å². The zero-order chi connectivity index (χ0) is 20.2. The highest BCUT2D eigenvalue weighted by Crippen LogP contribution is 2.45. The second kappa shape index (κ2) is 7.26. The van der Waals surface area contributed by atoms with Crippen LogP contribution in [0.15, 0.2) is 42.1 Å². The molecule has 3 fully saturated rings. The van der Waals surface area contributed by atoms with Crippen LogP contribution in [0.5, 0.6) is 0 Å². The first-order valence-electron chi connectivity index (χ1n) is 12.0. The molecule has 2 bridgehead atoms. The Hall–Kier alpha value is -2.07. The number of likely N-dealkylation sites (tertiary alicyclic amines) is 1. The van der Waals surface area contributed by atoms with Crippen molar-refractivity contribution in [1.82, 2.24) is 14.4 Å². The largest absolute Gasteiger partial charge is 0.350 e. The number of fused-ring (bicyclic) bond motifs is 7. The predicted molar refractivity (Wildman–Crippen MR) is 120 cm³/mol. The maximum Gasteiger partial charge on any atom is 0.227 e. The third-order valence-electron chi connectivity index (χ3n) is 8.30. The molecule has 3 aliphatic heterocycles. The molecular weight excluding hydrogens is 370 g/mol. The molecule has 1 aliphatic carbocycles. The Morgan fingerprint density at radius 2 is 2.03 bits per heavy atom. The lowest BCUT2D eigenvalue weighted by atomic mass is 9.68. The summed E-state index contributed by atoms with van der Waals surface area (Å²) in [4.78, 5) is 18.6. The molecule has 0 unspecified atom stereocenters. The van der Waals surface area contributed by atoms with Crippen LogP contribution in [0.2, 0.25) is 0 Å². The van der Waals surface area contributed by atoms with Gasteiger partial charge in [-0.2, -0.15) is 0 Å². The van der Waals surface area contributed by atoms with Gasteiger partial charge in [0.2, 0.25) is 5.91 Å². The lowest BCUT2D eigenvalue weighted by molar-refractivity contribution is -0.135. The Bertz CT molecular complexity index is 1000. The molecule has 2 aromatic rings. The van der Waals surface area contributed by atoms with Crippen molar-refractivity contribution in [3.05, 3.63) is 47.7 Å². The molecule has 30 heavy (non-hydrogen) atoms. The monoisotopic (exact) mass is 403 g/mol. The van der Waals surface area contributed by atoms with Gasteiger partial charge in [-0.25, -0.2) is 0 Å². The summed E-state index contributed by atoms with van der Waals surface area (Å²) in [5, 5.41) is 1.22. The molecule has 4 heteroatoms. The Labute approximate surface area is 179 Å². The second-order valence-corrected chi connectivity index (χ2v) is 10.1. The van der Waals surface area contributed by atoms with Crippen LogP contribution >= 0.6 is 0 Å². The van der Waals surface area contributed by atoms with Crippen molar-refractivity contribution in [1.29, 1.82) is 0 Å². The van der Waals surface area contributed by atoms with Crippen LogP contribution in [0.1, 0.15) is 44.1 Å². The molecule has 1 amide bonds. The molecule has 1 aromatic heterocycles. The van der Waals surface area contributed by atoms with Gasteiger partial charge in [-0.1, -0.05) is 36.3 Å². The van der Waals surface area contributed by atoms with Gasteiger partial charge in [0.1, 0.15) is 0 Å². The number of carbonyl (C=O) groups is 1. The fraction of sp³-hybridized carbons (Fsp3) is 0.577. The van der Waals surface area contributed by atoms with E-state index in [1.165, 1.54) is 61.7 Å². The minimum Gasteiger partial charge on any atom is -0.350 e. The lowest BCUT2D eigenvalue weighted by Gasteiger charge is -2.54. The first-order chi connectivity index (χ1) is 14.7. The number of hydrogen-bond acceptors (Lipinski definition) is 2. The quantitative estimate of drug-likeness (QED) is 0.705. The second-order valence-electron chi connectivity index (χ2n) is 10.1. The van der Waals surface area contributed by atoms with Crippen molar-refractivity contribution in [2.75, 3.05) is 19.6 Å². The number of nitrogens with zero attached hydrogens (tertiary/aromatic N) is 3. The van der Waals surface area contributed by atoms with E-state index >= 15 is 0 Å². The van der Waals surface area contributed by atoms with E-state index in [2.05, 4.69) is 58.0 Å². The minimum atomic E-state index is 0.321. The molecule has 0 saturated carbocycles. The van der Waals surface area contributed by atoms with Crippen LogP contribution in [-0.4, -0.2) is 52.0 Å². The summed E-state index contributed by atoms with van der Waals surface area (Å²) < 4.78 is 2.16. The van der Waals surface area contributed by atoms with E-state index in [4.69, 9.17) is 0 Å². The number of benzene rings is 1. The molecule has 0 N–H and O–H groups in total. The Kier molecular flexibility index (Phi) is 4.52. The molecule has 1 aromatic carbocycles. The summed E-state index contributed by atoms with van der Waals surface area (Å²) in [7, 11) is 2.08. The fourth-order valence-corrected chi connectivity index (χ4v) is 7.08. The Morgan fingerprint density at radius 3 is 2.97 bits per heavy atom. The van der Waals surface area contributed by atoms with Crippen LogP contribution in [0.3, 0.4) is 0 Å². The van der Waals surface area contributed by atoms with Gasteiger partial charge in [-0.3, -0.25) is 9.69 Å². The van der Waals surface area contributed by atoms with Gasteiger partial charge in [0, 0.05) is 43.3 Å². The molecule has 0 spiro atoms. The number of amides is 1. The molecule has 4 aliphatic rings. The van der Waals surface area contributed by atoms with E-state index in [1.807, 2.05) is 0 Å². The maximum absolute atomic E-state index is 13.6. The number of rotatable bonds is 2. The molecular formula is C26H33N3O. The van der Waals surface area contributed by atoms with E-state index in [0.29, 0.717) is 24.3 Å². The maximum atomic E-state index is 13.6. The number of aromatic nitrogens is 1. The van der Waals surface area contributed by atoms with Crippen LogP contribution < -0.4 is 0 Å². The third-order valence-corrected chi connectivity index (χ3v) is 8.30. The summed E-state index contributed by atoms with van der Waals surface area (Å²) in [5.74, 6) is 1.67. The minimum absolute atomic E-state index is 0.321. The number of hydrogen-bond donors (Lipinski definition) is 0. The molecule has 6 rings (SSSR count). The van der Waals surface area contributed by atoms with Crippen LogP contribution in [0.25, 0.3) is 10.9 Å². The SMILES string of the molecule is Cn1cc(CC(=O)N2CCCC3=C[C@H]4C[C@H](CN5CCCC[C@@H]45)[C@H]32)c2ccccc21. The highest BCUT2D eigenvalue weighted by molar-refractivity contribution is 5.89. The van der Waals surface area contributed by atoms with Crippen LogP contribution in [0, 0.1) is 11.8 Å². The van der Waals surface area contributed by atoms with E-state index < -0.39 is 0 Å². The number of para-hydroxylation sites is 1. The number of carbonyl (C=O) groups excluding carboxylic acids is 1. The van der Waals surface area contributed by atoms with Crippen molar-refractivity contribution in [2.45, 2.75) is 57.0 Å². The smallest absolute Gasteiger partial charge is 0.227 e. The predicted octanol–water partition coefficient (Wildman–Crippen LogP) is 4.14. The van der Waals surface area contributed by atoms with Gasteiger partial charge in [-0.05, 0) is 62.1 Å². The van der Waals surface area contributed by atoms with Gasteiger partial charge < -0.3 is 9.47 Å². The zero-order valence-corrected chi connectivity index (χ0v) is 18.1. The standard InChI is InChI=1S/C26H33N3O/c1-27-16-20(22-8-2-3-10-24(22)27)15-25(30)29-12-6-7-18-13-19-14-21(26(18)29)17-28-11-5-4-9-23(19)28/h2-3,8,10,13,16,19,21,23,26H,4-7,9,11-12,14-15,17H2,1H3/t19-,21+,23-,26-/m0/s1. The summed E-state index contributed by atoms with van der Waals surface area (Å²) >= 11 is 0. The van der Waals surface area contributed by atoms with Crippen molar-refractivity contribution in [3.8, 4) is 0 Å². The van der Waals surface area contributed by atoms with E-state index in [9.17, 15) is 4.79 Å². The van der Waals surface area contributed by atoms with Crippen LogP contribution in [-0.2, 0) is 18.3 Å². The normalized spacial score (nSPS) is 31.2. The van der Waals surface area contributed by atoms with Gasteiger partial charge in [-0.15, -0.1) is 0 Å². The number of aryl methyl sites for hydroxylation is 1. The summed E-state index contributed by atoms with van der Waals surface area (Å²) in [6.45, 7) is 3.38. The molecule has 4 nitrogen and oxygen atoms in total. The van der Waals surface area contributed by atoms with Gasteiger partial charge >= 0.3 is 0 Å². The van der Waals surface area contributed by atoms with Crippen molar-refractivity contribution in [3.63, 3.8) is 0 Å². The third kappa shape index (κ3) is 2.95. The van der Waals surface area contributed by atoms with Crippen molar-refractivity contribution < 1.29 is 4.79 Å². The average Bonchev–Trinajstić information content (AvgIpc) is 3.09. The highest BCUT2D eigenvalue weighted by Gasteiger charge is 2.46. The average molecular weight is 404 g/mol. The summed E-state index contributed by atoms with van der Waals surface area (Å²) in [6, 6.07) is 9.57. The molecule has 4 heterocycles. The Balaban J connectivity index is 1.28. The van der Waals surface area contributed by atoms with E-state index in [0.717, 1.165) is 24.9 Å². The zero-order valence-electron chi connectivity index (χ0n) is 18.1. The highest BCUT2D eigenvalue weighted by atomic mass is 16.2. The van der Waals surface area contributed by atoms with Gasteiger partial charge in [0.25, 0.3) is 0 Å². The first kappa shape index (κ1) is 18.7. The topological polar surface area (TPSA) is 28.5 Å². The molecule has 4 atom stereocenters. The summed E-state index contributed by atoms with van der Waals surface area (Å²) in [5.41, 5.74) is 3.96. The molecule has 158 valence electrons. The van der Waals surface area contributed by atoms with Crippen LogP contribution in [0.4, 0.5) is 0 Å². The molecule has 0 radical (unpaired) electrons. The van der Waals surface area contributed by atoms with Gasteiger partial charge in [0.15, 0.2) is 0 Å².